The molecule has 0 fully saturated rings. The molecule has 3 heteroatoms. The van der Waals surface area contributed by atoms with Crippen LogP contribution in [0.2, 0.25) is 0 Å². The summed E-state index contributed by atoms with van der Waals surface area (Å²) in [5.41, 5.74) is 1.33. The van der Waals surface area contributed by atoms with Gasteiger partial charge in [0.1, 0.15) is 5.75 Å². The average molecular weight is 292 g/mol. The van der Waals surface area contributed by atoms with Crippen molar-refractivity contribution in [3.63, 3.8) is 0 Å². The van der Waals surface area contributed by atoms with E-state index in [1.807, 2.05) is 13.0 Å². The summed E-state index contributed by atoms with van der Waals surface area (Å²) in [5, 5.41) is 3.68. The quantitative estimate of drug-likeness (QED) is 0.670. The van der Waals surface area contributed by atoms with Crippen molar-refractivity contribution in [1.29, 1.82) is 0 Å². The van der Waals surface area contributed by atoms with E-state index in [4.69, 9.17) is 4.74 Å². The van der Waals surface area contributed by atoms with Crippen LogP contribution < -0.4 is 10.1 Å². The van der Waals surface area contributed by atoms with Gasteiger partial charge in [-0.15, -0.1) is 0 Å². The third-order valence-electron chi connectivity index (χ3n) is 3.84. The van der Waals surface area contributed by atoms with Crippen molar-refractivity contribution in [2.24, 2.45) is 0 Å². The van der Waals surface area contributed by atoms with Crippen molar-refractivity contribution in [2.45, 2.75) is 46.6 Å². The molecule has 0 aliphatic rings. The number of nitrogens with one attached hydrogen (secondary N) is 1. The lowest BCUT2D eigenvalue weighted by Crippen LogP contribution is -2.29. The van der Waals surface area contributed by atoms with Gasteiger partial charge in [-0.3, -0.25) is 0 Å². The zero-order chi connectivity index (χ0) is 15.5. The van der Waals surface area contributed by atoms with Crippen molar-refractivity contribution < 1.29 is 4.74 Å². The molecule has 1 aromatic carbocycles. The summed E-state index contributed by atoms with van der Waals surface area (Å²) in [6.45, 7) is 13.9. The molecule has 1 aromatic rings. The maximum Gasteiger partial charge on any atom is 0.119 e. The van der Waals surface area contributed by atoms with E-state index in [1.54, 1.807) is 0 Å². The normalized spacial score (nSPS) is 12.6. The van der Waals surface area contributed by atoms with Crippen LogP contribution in [-0.4, -0.2) is 37.7 Å². The fraction of sp³-hybridized carbons (Fsp3) is 0.667. The first-order valence-electron chi connectivity index (χ1n) is 8.43. The monoisotopic (exact) mass is 292 g/mol. The first-order chi connectivity index (χ1) is 10.2. The standard InChI is InChI=1S/C18H32N2O/c1-5-13-19-18(12-14-20(6-2)7-3)16-10-9-11-17(15-16)21-8-4/h9-11,15,18-19H,5-8,12-14H2,1-4H3. The van der Waals surface area contributed by atoms with Gasteiger partial charge >= 0.3 is 0 Å². The Morgan fingerprint density at radius 3 is 2.52 bits per heavy atom. The van der Waals surface area contributed by atoms with Gasteiger partial charge in [0.2, 0.25) is 0 Å². The summed E-state index contributed by atoms with van der Waals surface area (Å²) >= 11 is 0. The van der Waals surface area contributed by atoms with Crippen molar-refractivity contribution >= 4 is 0 Å². The molecule has 120 valence electrons. The van der Waals surface area contributed by atoms with Crippen LogP contribution in [0, 0.1) is 0 Å². The van der Waals surface area contributed by atoms with Crippen LogP contribution in [0.25, 0.3) is 0 Å². The maximum absolute atomic E-state index is 5.63. The van der Waals surface area contributed by atoms with Gasteiger partial charge in [-0.25, -0.2) is 0 Å². The van der Waals surface area contributed by atoms with Crippen molar-refractivity contribution in [1.82, 2.24) is 10.2 Å². The van der Waals surface area contributed by atoms with Gasteiger partial charge < -0.3 is 15.0 Å². The predicted octanol–water partition coefficient (Wildman–Crippen LogP) is 3.86. The van der Waals surface area contributed by atoms with Gasteiger partial charge in [0.05, 0.1) is 6.61 Å². The molecule has 0 heterocycles. The molecule has 0 spiro atoms. The van der Waals surface area contributed by atoms with Crippen LogP contribution in [0.5, 0.6) is 5.75 Å². The smallest absolute Gasteiger partial charge is 0.119 e. The maximum atomic E-state index is 5.63. The van der Waals surface area contributed by atoms with E-state index >= 15 is 0 Å². The minimum absolute atomic E-state index is 0.408. The summed E-state index contributed by atoms with van der Waals surface area (Å²) in [4.78, 5) is 2.48. The van der Waals surface area contributed by atoms with Gasteiger partial charge in [-0.2, -0.15) is 0 Å². The highest BCUT2D eigenvalue weighted by Crippen LogP contribution is 2.22. The molecule has 1 atom stereocenters. The molecule has 1 rings (SSSR count). The van der Waals surface area contributed by atoms with E-state index in [0.717, 1.165) is 51.4 Å². The number of ether oxygens (including phenoxy) is 1. The zero-order valence-corrected chi connectivity index (χ0v) is 14.2. The molecule has 3 nitrogen and oxygen atoms in total. The largest absolute Gasteiger partial charge is 0.494 e. The van der Waals surface area contributed by atoms with Gasteiger partial charge in [-0.1, -0.05) is 32.9 Å². The van der Waals surface area contributed by atoms with E-state index in [2.05, 4.69) is 49.2 Å². The molecule has 0 radical (unpaired) electrons. The Bertz CT molecular complexity index is 377. The summed E-state index contributed by atoms with van der Waals surface area (Å²) < 4.78 is 5.63. The van der Waals surface area contributed by atoms with E-state index < -0.39 is 0 Å². The Hall–Kier alpha value is -1.06. The van der Waals surface area contributed by atoms with Gasteiger partial charge in [0.25, 0.3) is 0 Å². The Balaban J connectivity index is 2.73. The fourth-order valence-electron chi connectivity index (χ4n) is 2.54. The average Bonchev–Trinajstić information content (AvgIpc) is 2.51. The predicted molar refractivity (Wildman–Crippen MR) is 91.1 cm³/mol. The lowest BCUT2D eigenvalue weighted by atomic mass is 10.0. The van der Waals surface area contributed by atoms with Crippen LogP contribution in [0.3, 0.4) is 0 Å². The third kappa shape index (κ3) is 6.49. The van der Waals surface area contributed by atoms with Crippen LogP contribution >= 0.6 is 0 Å². The molecule has 21 heavy (non-hydrogen) atoms. The molecule has 1 N–H and O–H groups in total. The van der Waals surface area contributed by atoms with Crippen LogP contribution in [0.1, 0.15) is 52.1 Å². The second-order valence-corrected chi connectivity index (χ2v) is 5.33. The summed E-state index contributed by atoms with van der Waals surface area (Å²) in [7, 11) is 0. The summed E-state index contributed by atoms with van der Waals surface area (Å²) in [6, 6.07) is 8.93. The second-order valence-electron chi connectivity index (χ2n) is 5.33. The minimum Gasteiger partial charge on any atom is -0.494 e. The molecule has 0 saturated heterocycles. The topological polar surface area (TPSA) is 24.5 Å². The van der Waals surface area contributed by atoms with E-state index in [-0.39, 0.29) is 0 Å². The molecule has 0 aliphatic carbocycles. The highest BCUT2D eigenvalue weighted by Gasteiger charge is 2.13. The molecular weight excluding hydrogens is 260 g/mol. The van der Waals surface area contributed by atoms with E-state index in [1.165, 1.54) is 5.56 Å². The number of benzene rings is 1. The first-order valence-corrected chi connectivity index (χ1v) is 8.43. The van der Waals surface area contributed by atoms with Gasteiger partial charge in [0, 0.05) is 6.04 Å². The van der Waals surface area contributed by atoms with E-state index in [9.17, 15) is 0 Å². The van der Waals surface area contributed by atoms with Crippen LogP contribution in [0.4, 0.5) is 0 Å². The van der Waals surface area contributed by atoms with Crippen molar-refractivity contribution in [3.05, 3.63) is 29.8 Å². The Morgan fingerprint density at radius 1 is 1.14 bits per heavy atom. The highest BCUT2D eigenvalue weighted by atomic mass is 16.5. The summed E-state index contributed by atoms with van der Waals surface area (Å²) in [6.07, 6.45) is 2.30. The highest BCUT2D eigenvalue weighted by molar-refractivity contribution is 5.30. The Labute approximate surface area is 130 Å². The third-order valence-corrected chi connectivity index (χ3v) is 3.84. The van der Waals surface area contributed by atoms with Crippen LogP contribution in [0.15, 0.2) is 24.3 Å². The first kappa shape index (κ1) is 18.0. The number of nitrogens with zero attached hydrogens (tertiary/aromatic N) is 1. The number of rotatable bonds is 11. The molecule has 0 saturated carbocycles. The lowest BCUT2D eigenvalue weighted by Gasteiger charge is -2.24. The zero-order valence-electron chi connectivity index (χ0n) is 14.2. The van der Waals surface area contributed by atoms with Crippen molar-refractivity contribution in [3.8, 4) is 5.75 Å². The second kappa shape index (κ2) is 10.6. The molecule has 0 aliphatic heterocycles. The Kier molecular flexibility index (Phi) is 9.11. The van der Waals surface area contributed by atoms with Crippen LogP contribution in [-0.2, 0) is 0 Å². The Morgan fingerprint density at radius 2 is 1.90 bits per heavy atom. The van der Waals surface area contributed by atoms with Gasteiger partial charge in [-0.05, 0) is 63.6 Å². The SMILES string of the molecule is CCCNC(CCN(CC)CC)c1cccc(OCC)c1. The molecule has 0 amide bonds. The van der Waals surface area contributed by atoms with Gasteiger partial charge in [0.15, 0.2) is 0 Å². The minimum atomic E-state index is 0.408. The fourth-order valence-corrected chi connectivity index (χ4v) is 2.54. The van der Waals surface area contributed by atoms with Crippen molar-refractivity contribution in [2.75, 3.05) is 32.8 Å². The molecular formula is C18H32N2O. The molecule has 0 bridgehead atoms. The lowest BCUT2D eigenvalue weighted by molar-refractivity contribution is 0.281. The number of hydrogen-bond acceptors (Lipinski definition) is 3. The van der Waals surface area contributed by atoms with E-state index in [0.29, 0.717) is 6.04 Å². The molecule has 1 unspecified atom stereocenters. The molecule has 0 aromatic heterocycles. The number of hydrogen-bond donors (Lipinski definition) is 1. The summed E-state index contributed by atoms with van der Waals surface area (Å²) in [5.74, 6) is 0.973.